The lowest BCUT2D eigenvalue weighted by molar-refractivity contribution is -0.139. The molecule has 2 rings (SSSR count). The largest absolute Gasteiger partial charge is 0.480 e. The molecule has 0 aliphatic heterocycles. The lowest BCUT2D eigenvalue weighted by Gasteiger charge is -2.14. The Morgan fingerprint density at radius 2 is 1.90 bits per heavy atom. The van der Waals surface area contributed by atoms with Crippen LogP contribution in [0.1, 0.15) is 26.8 Å². The van der Waals surface area contributed by atoms with E-state index in [9.17, 15) is 14.7 Å². The number of rotatable bonds is 6. The van der Waals surface area contributed by atoms with Crippen molar-refractivity contribution in [3.05, 3.63) is 57.8 Å². The molecule has 0 fully saturated rings. The number of benzene rings is 1. The maximum Gasteiger partial charge on any atom is 0.336 e. The number of hydrogen-bond donors (Lipinski definition) is 3. The number of hydrogen-bond acceptors (Lipinski definition) is 4. The highest BCUT2D eigenvalue weighted by molar-refractivity contribution is 7.10. The fraction of sp³-hybridized carbons (Fsp3) is 0.143. The minimum Gasteiger partial charge on any atom is -0.480 e. The summed E-state index contributed by atoms with van der Waals surface area (Å²) in [5.74, 6) is -1.95. The molecular formula is C14H13NO4S. The third kappa shape index (κ3) is 3.43. The Kier molecular flexibility index (Phi) is 4.49. The summed E-state index contributed by atoms with van der Waals surface area (Å²) < 4.78 is 0. The normalized spacial score (nSPS) is 12.0. The molecule has 0 aliphatic rings. The zero-order valence-corrected chi connectivity index (χ0v) is 11.3. The maximum atomic E-state index is 11.3. The summed E-state index contributed by atoms with van der Waals surface area (Å²) in [6.07, 6.45) is 0. The van der Waals surface area contributed by atoms with Gasteiger partial charge in [0.15, 0.2) is 0 Å². The van der Waals surface area contributed by atoms with Gasteiger partial charge < -0.3 is 10.2 Å². The van der Waals surface area contributed by atoms with Gasteiger partial charge in [-0.05, 0) is 11.6 Å². The molecular weight excluding hydrogens is 278 g/mol. The van der Waals surface area contributed by atoms with Crippen molar-refractivity contribution in [3.8, 4) is 0 Å². The molecule has 0 saturated heterocycles. The highest BCUT2D eigenvalue weighted by Crippen LogP contribution is 2.18. The number of carboxylic acids is 2. The van der Waals surface area contributed by atoms with Crippen molar-refractivity contribution in [3.63, 3.8) is 0 Å². The van der Waals surface area contributed by atoms with Gasteiger partial charge in [0.05, 0.1) is 5.56 Å². The Hall–Kier alpha value is -2.18. The van der Waals surface area contributed by atoms with E-state index >= 15 is 0 Å². The molecule has 2 aromatic rings. The molecule has 1 heterocycles. The van der Waals surface area contributed by atoms with Crippen LogP contribution in [0.3, 0.4) is 0 Å². The summed E-state index contributed by atoms with van der Waals surface area (Å²) in [6, 6.07) is 9.59. The number of aliphatic carboxylic acids is 1. The number of nitrogens with one attached hydrogen (secondary N) is 1. The van der Waals surface area contributed by atoms with Gasteiger partial charge in [-0.25, -0.2) is 4.79 Å². The molecule has 0 aliphatic carbocycles. The molecule has 5 nitrogen and oxygen atoms in total. The second-order valence-electron chi connectivity index (χ2n) is 4.17. The van der Waals surface area contributed by atoms with E-state index in [4.69, 9.17) is 5.11 Å². The highest BCUT2D eigenvalue weighted by atomic mass is 32.1. The van der Waals surface area contributed by atoms with Gasteiger partial charge in [-0.3, -0.25) is 10.1 Å². The third-order valence-electron chi connectivity index (χ3n) is 2.76. The Morgan fingerprint density at radius 1 is 1.20 bits per heavy atom. The zero-order valence-electron chi connectivity index (χ0n) is 10.4. The van der Waals surface area contributed by atoms with E-state index in [0.29, 0.717) is 12.1 Å². The van der Waals surface area contributed by atoms with Gasteiger partial charge in [0.1, 0.15) is 6.04 Å². The van der Waals surface area contributed by atoms with Crippen LogP contribution in [0.25, 0.3) is 0 Å². The van der Waals surface area contributed by atoms with Gasteiger partial charge in [0.25, 0.3) is 0 Å². The second kappa shape index (κ2) is 6.31. The first kappa shape index (κ1) is 14.2. The summed E-state index contributed by atoms with van der Waals surface area (Å²) >= 11 is 1.29. The molecule has 0 saturated carbocycles. The summed E-state index contributed by atoms with van der Waals surface area (Å²) in [5.41, 5.74) is 0.883. The highest BCUT2D eigenvalue weighted by Gasteiger charge is 2.19. The molecule has 1 aromatic carbocycles. The first-order valence-corrected chi connectivity index (χ1v) is 6.77. The van der Waals surface area contributed by atoms with Crippen molar-refractivity contribution in [2.45, 2.75) is 12.6 Å². The maximum absolute atomic E-state index is 11.3. The zero-order chi connectivity index (χ0) is 14.5. The molecule has 104 valence electrons. The molecule has 3 N–H and O–H groups in total. The Balaban J connectivity index is 2.06. The summed E-state index contributed by atoms with van der Waals surface area (Å²) in [5, 5.41) is 22.5. The van der Waals surface area contributed by atoms with E-state index in [0.717, 1.165) is 4.88 Å². The lowest BCUT2D eigenvalue weighted by atomic mass is 10.1. The van der Waals surface area contributed by atoms with Gasteiger partial charge in [0, 0.05) is 16.8 Å². The fourth-order valence-electron chi connectivity index (χ4n) is 1.78. The monoisotopic (exact) mass is 291 g/mol. The average molecular weight is 291 g/mol. The molecule has 0 bridgehead atoms. The van der Waals surface area contributed by atoms with Crippen LogP contribution < -0.4 is 5.32 Å². The van der Waals surface area contributed by atoms with Crippen molar-refractivity contribution in [2.24, 2.45) is 0 Å². The van der Waals surface area contributed by atoms with E-state index in [-0.39, 0.29) is 5.56 Å². The molecule has 0 radical (unpaired) electrons. The molecule has 0 spiro atoms. The third-order valence-corrected chi connectivity index (χ3v) is 3.70. The van der Waals surface area contributed by atoms with Crippen molar-refractivity contribution in [1.29, 1.82) is 0 Å². The van der Waals surface area contributed by atoms with Gasteiger partial charge in [-0.2, -0.15) is 0 Å². The van der Waals surface area contributed by atoms with Crippen LogP contribution in [0, 0.1) is 0 Å². The predicted octanol–water partition coefficient (Wildman–Crippen LogP) is 2.36. The number of aromatic carboxylic acids is 1. The van der Waals surface area contributed by atoms with Crippen LogP contribution in [-0.4, -0.2) is 22.2 Å². The minimum absolute atomic E-state index is 0.221. The number of thiophene rings is 1. The molecule has 0 amide bonds. The SMILES string of the molecule is O=C(O)c1csc(CNC(C(=O)O)c2ccccc2)c1. The molecule has 20 heavy (non-hydrogen) atoms. The average Bonchev–Trinajstić information content (AvgIpc) is 2.89. The number of carboxylic acid groups (broad SMARTS) is 2. The molecule has 1 atom stereocenters. The van der Waals surface area contributed by atoms with Crippen LogP contribution in [0.2, 0.25) is 0 Å². The van der Waals surface area contributed by atoms with Crippen LogP contribution in [0.4, 0.5) is 0 Å². The van der Waals surface area contributed by atoms with Gasteiger partial charge in [0.2, 0.25) is 0 Å². The van der Waals surface area contributed by atoms with E-state index in [1.807, 2.05) is 6.07 Å². The number of carbonyl (C=O) groups is 2. The topological polar surface area (TPSA) is 86.6 Å². The van der Waals surface area contributed by atoms with Gasteiger partial charge in [-0.15, -0.1) is 11.3 Å². The van der Waals surface area contributed by atoms with Crippen LogP contribution in [0.15, 0.2) is 41.8 Å². The van der Waals surface area contributed by atoms with Crippen molar-refractivity contribution in [2.75, 3.05) is 0 Å². The predicted molar refractivity (Wildman–Crippen MR) is 74.9 cm³/mol. The van der Waals surface area contributed by atoms with Crippen molar-refractivity contribution < 1.29 is 19.8 Å². The van der Waals surface area contributed by atoms with Crippen molar-refractivity contribution >= 4 is 23.3 Å². The van der Waals surface area contributed by atoms with E-state index in [2.05, 4.69) is 5.32 Å². The minimum atomic E-state index is -0.981. The molecule has 1 aromatic heterocycles. The quantitative estimate of drug-likeness (QED) is 0.760. The van der Waals surface area contributed by atoms with Crippen LogP contribution in [0.5, 0.6) is 0 Å². The first-order chi connectivity index (χ1) is 9.58. The standard InChI is InChI=1S/C14H13NO4S/c16-13(17)10-6-11(20-8-10)7-15-12(14(18)19)9-4-2-1-3-5-9/h1-6,8,12,15H,7H2,(H,16,17)(H,18,19). The Morgan fingerprint density at radius 3 is 2.45 bits per heavy atom. The van der Waals surface area contributed by atoms with E-state index in [1.54, 1.807) is 30.3 Å². The van der Waals surface area contributed by atoms with E-state index < -0.39 is 18.0 Å². The van der Waals surface area contributed by atoms with Crippen LogP contribution in [-0.2, 0) is 11.3 Å². The fourth-order valence-corrected chi connectivity index (χ4v) is 2.59. The summed E-state index contributed by atoms with van der Waals surface area (Å²) in [6.45, 7) is 0.309. The van der Waals surface area contributed by atoms with E-state index in [1.165, 1.54) is 16.7 Å². The van der Waals surface area contributed by atoms with Gasteiger partial charge >= 0.3 is 11.9 Å². The second-order valence-corrected chi connectivity index (χ2v) is 5.17. The van der Waals surface area contributed by atoms with Gasteiger partial charge in [-0.1, -0.05) is 30.3 Å². The smallest absolute Gasteiger partial charge is 0.336 e. The Labute approximate surface area is 119 Å². The molecule has 1 unspecified atom stereocenters. The lowest BCUT2D eigenvalue weighted by Crippen LogP contribution is -2.27. The first-order valence-electron chi connectivity index (χ1n) is 5.90. The van der Waals surface area contributed by atoms with Crippen LogP contribution >= 0.6 is 11.3 Å². The molecule has 6 heteroatoms. The van der Waals surface area contributed by atoms with Crippen molar-refractivity contribution in [1.82, 2.24) is 5.32 Å². The summed E-state index contributed by atoms with van der Waals surface area (Å²) in [7, 11) is 0. The summed E-state index contributed by atoms with van der Waals surface area (Å²) in [4.78, 5) is 22.8. The Bertz CT molecular complexity index is 609.